The Balaban J connectivity index is 1.97. The fraction of sp³-hybridized carbons (Fsp3) is 0.417. The summed E-state index contributed by atoms with van der Waals surface area (Å²) in [4.78, 5) is 2.28. The van der Waals surface area contributed by atoms with Crippen LogP contribution < -0.4 is 0 Å². The van der Waals surface area contributed by atoms with Gasteiger partial charge >= 0.3 is 0 Å². The lowest BCUT2D eigenvalue weighted by molar-refractivity contribution is 0.302. The van der Waals surface area contributed by atoms with Gasteiger partial charge in [0.25, 0.3) is 0 Å². The van der Waals surface area contributed by atoms with Crippen molar-refractivity contribution >= 4 is 0 Å². The highest BCUT2D eigenvalue weighted by molar-refractivity contribution is 5.07. The lowest BCUT2D eigenvalue weighted by Gasteiger charge is -2.17. The van der Waals surface area contributed by atoms with E-state index in [0.29, 0.717) is 0 Å². The van der Waals surface area contributed by atoms with Crippen LogP contribution >= 0.6 is 0 Å². The number of hydrogen-bond acceptors (Lipinski definition) is 2. The molecule has 0 aliphatic carbocycles. The van der Waals surface area contributed by atoms with Gasteiger partial charge in [-0.15, -0.1) is 0 Å². The second kappa shape index (κ2) is 4.53. The van der Waals surface area contributed by atoms with Crippen molar-refractivity contribution in [3.63, 3.8) is 0 Å². The van der Waals surface area contributed by atoms with E-state index in [-0.39, 0.29) is 0 Å². The molecule has 0 fully saturated rings. The highest BCUT2D eigenvalue weighted by atomic mass is 15.3. The van der Waals surface area contributed by atoms with Gasteiger partial charge in [-0.05, 0) is 25.2 Å². The Labute approximate surface area is 96.1 Å². The monoisotopic (exact) mass is 218 g/mol. The highest BCUT2D eigenvalue weighted by Crippen LogP contribution is 2.07. The van der Waals surface area contributed by atoms with Crippen LogP contribution in [0.5, 0.6) is 0 Å². The van der Waals surface area contributed by atoms with E-state index in [2.05, 4.69) is 53.1 Å². The first kappa shape index (κ1) is 11.0. The third kappa shape index (κ3) is 2.33. The molecule has 4 nitrogen and oxygen atoms in total. The third-order valence-corrected chi connectivity index (χ3v) is 2.84. The van der Waals surface area contributed by atoms with Crippen LogP contribution in [0.4, 0.5) is 0 Å². The van der Waals surface area contributed by atoms with Gasteiger partial charge in [0.2, 0.25) is 0 Å². The zero-order valence-electron chi connectivity index (χ0n) is 10.1. The summed E-state index contributed by atoms with van der Waals surface area (Å²) in [5.41, 5.74) is 2.56. The summed E-state index contributed by atoms with van der Waals surface area (Å²) in [5, 5.41) is 4.17. The summed E-state index contributed by atoms with van der Waals surface area (Å²) in [7, 11) is 6.18. The minimum absolute atomic E-state index is 0.918. The van der Waals surface area contributed by atoms with Crippen LogP contribution in [-0.4, -0.2) is 26.3 Å². The average molecular weight is 218 g/mol. The second-order valence-corrected chi connectivity index (χ2v) is 4.23. The second-order valence-electron chi connectivity index (χ2n) is 4.23. The molecule has 0 N–H and O–H groups in total. The van der Waals surface area contributed by atoms with Gasteiger partial charge in [0.05, 0.1) is 5.69 Å². The minimum Gasteiger partial charge on any atom is -0.353 e. The molecule has 2 heterocycles. The normalized spacial score (nSPS) is 11.2. The summed E-state index contributed by atoms with van der Waals surface area (Å²) in [6.07, 6.45) is 3.92. The number of hydrogen-bond donors (Lipinski definition) is 0. The van der Waals surface area contributed by atoms with Crippen molar-refractivity contribution in [1.29, 1.82) is 0 Å². The maximum absolute atomic E-state index is 4.17. The first-order chi connectivity index (χ1) is 7.66. The zero-order chi connectivity index (χ0) is 11.5. The Morgan fingerprint density at radius 1 is 1.19 bits per heavy atom. The van der Waals surface area contributed by atoms with E-state index in [1.807, 2.05) is 17.9 Å². The third-order valence-electron chi connectivity index (χ3n) is 2.84. The molecule has 0 atom stereocenters. The SMILES string of the molecule is CN(Cc1cccn1C)Cc1ccnn1C. The quantitative estimate of drug-likeness (QED) is 0.775. The molecule has 86 valence electrons. The van der Waals surface area contributed by atoms with E-state index in [0.717, 1.165) is 13.1 Å². The first-order valence-corrected chi connectivity index (χ1v) is 5.42. The van der Waals surface area contributed by atoms with E-state index >= 15 is 0 Å². The number of nitrogens with zero attached hydrogens (tertiary/aromatic N) is 4. The maximum Gasteiger partial charge on any atom is 0.0521 e. The molecule has 0 saturated carbocycles. The van der Waals surface area contributed by atoms with Gasteiger partial charge in [0, 0.05) is 45.3 Å². The molecular weight excluding hydrogens is 200 g/mol. The molecule has 2 aromatic heterocycles. The van der Waals surface area contributed by atoms with Crippen LogP contribution in [0.25, 0.3) is 0 Å². The maximum atomic E-state index is 4.17. The van der Waals surface area contributed by atoms with Crippen LogP contribution in [0.1, 0.15) is 11.4 Å². The van der Waals surface area contributed by atoms with Gasteiger partial charge in [-0.2, -0.15) is 5.10 Å². The predicted octanol–water partition coefficient (Wildman–Crippen LogP) is 1.39. The molecule has 0 saturated heterocycles. The fourth-order valence-corrected chi connectivity index (χ4v) is 1.83. The number of rotatable bonds is 4. The largest absolute Gasteiger partial charge is 0.353 e. The molecule has 0 unspecified atom stereocenters. The molecule has 16 heavy (non-hydrogen) atoms. The smallest absolute Gasteiger partial charge is 0.0521 e. The van der Waals surface area contributed by atoms with Crippen molar-refractivity contribution in [2.75, 3.05) is 7.05 Å². The van der Waals surface area contributed by atoms with Crippen molar-refractivity contribution in [1.82, 2.24) is 19.2 Å². The van der Waals surface area contributed by atoms with Crippen LogP contribution in [0.3, 0.4) is 0 Å². The lowest BCUT2D eigenvalue weighted by Crippen LogP contribution is -2.20. The van der Waals surface area contributed by atoms with Gasteiger partial charge in [0.15, 0.2) is 0 Å². The standard InChI is InChI=1S/C12H18N4/c1-14(9-11-5-4-8-15(11)2)10-12-6-7-13-16(12)3/h4-8H,9-10H2,1-3H3. The average Bonchev–Trinajstić information content (AvgIpc) is 2.79. The van der Waals surface area contributed by atoms with Crippen molar-refractivity contribution in [2.24, 2.45) is 14.1 Å². The van der Waals surface area contributed by atoms with Crippen molar-refractivity contribution in [2.45, 2.75) is 13.1 Å². The van der Waals surface area contributed by atoms with E-state index in [4.69, 9.17) is 0 Å². The first-order valence-electron chi connectivity index (χ1n) is 5.42. The fourth-order valence-electron chi connectivity index (χ4n) is 1.83. The molecule has 0 aromatic carbocycles. The van der Waals surface area contributed by atoms with Crippen molar-refractivity contribution in [3.8, 4) is 0 Å². The van der Waals surface area contributed by atoms with E-state index < -0.39 is 0 Å². The van der Waals surface area contributed by atoms with Gasteiger partial charge in [-0.25, -0.2) is 0 Å². The number of aryl methyl sites for hydroxylation is 2. The molecule has 0 radical (unpaired) electrons. The van der Waals surface area contributed by atoms with Crippen LogP contribution in [0, 0.1) is 0 Å². The lowest BCUT2D eigenvalue weighted by atomic mass is 10.3. The van der Waals surface area contributed by atoms with E-state index in [1.165, 1.54) is 11.4 Å². The van der Waals surface area contributed by atoms with Crippen molar-refractivity contribution < 1.29 is 0 Å². The Bertz CT molecular complexity index is 413. The Kier molecular flexibility index (Phi) is 3.10. The van der Waals surface area contributed by atoms with Crippen LogP contribution in [0.2, 0.25) is 0 Å². The van der Waals surface area contributed by atoms with Crippen LogP contribution in [0.15, 0.2) is 30.6 Å². The Morgan fingerprint density at radius 2 is 1.94 bits per heavy atom. The molecule has 0 aliphatic heterocycles. The van der Waals surface area contributed by atoms with Gasteiger partial charge in [-0.3, -0.25) is 9.58 Å². The van der Waals surface area contributed by atoms with Gasteiger partial charge in [0.1, 0.15) is 0 Å². The summed E-state index contributed by atoms with van der Waals surface area (Å²) in [5.74, 6) is 0. The summed E-state index contributed by atoms with van der Waals surface area (Å²) in [6.45, 7) is 1.87. The molecular formula is C12H18N4. The topological polar surface area (TPSA) is 26.0 Å². The van der Waals surface area contributed by atoms with Crippen molar-refractivity contribution in [3.05, 3.63) is 42.0 Å². The Hall–Kier alpha value is -1.55. The number of aromatic nitrogens is 3. The van der Waals surface area contributed by atoms with Gasteiger partial charge in [-0.1, -0.05) is 0 Å². The molecule has 0 spiro atoms. The minimum atomic E-state index is 0.918. The summed E-state index contributed by atoms with van der Waals surface area (Å²) >= 11 is 0. The molecule has 2 rings (SSSR count). The molecule has 0 bridgehead atoms. The van der Waals surface area contributed by atoms with E-state index in [1.54, 1.807) is 0 Å². The molecule has 2 aromatic rings. The molecule has 4 heteroatoms. The summed E-state index contributed by atoms with van der Waals surface area (Å²) in [6, 6.07) is 6.29. The predicted molar refractivity (Wildman–Crippen MR) is 63.8 cm³/mol. The van der Waals surface area contributed by atoms with Gasteiger partial charge < -0.3 is 4.57 Å². The van der Waals surface area contributed by atoms with E-state index in [9.17, 15) is 0 Å². The Morgan fingerprint density at radius 3 is 2.50 bits per heavy atom. The van der Waals surface area contributed by atoms with Crippen LogP contribution in [-0.2, 0) is 27.2 Å². The zero-order valence-corrected chi connectivity index (χ0v) is 10.1. The molecule has 0 aliphatic rings. The molecule has 0 amide bonds. The summed E-state index contributed by atoms with van der Waals surface area (Å²) < 4.78 is 4.07. The highest BCUT2D eigenvalue weighted by Gasteiger charge is 2.06.